The van der Waals surface area contributed by atoms with Crippen molar-refractivity contribution in [1.82, 2.24) is 0 Å². The third-order valence-electron chi connectivity index (χ3n) is 2.17. The van der Waals surface area contributed by atoms with E-state index in [1.54, 1.807) is 6.07 Å². The molecule has 0 saturated heterocycles. The molecule has 1 aliphatic rings. The molecule has 0 aromatic heterocycles. The molecule has 15 heavy (non-hydrogen) atoms. The van der Waals surface area contributed by atoms with Crippen molar-refractivity contribution in [1.29, 1.82) is 0 Å². The van der Waals surface area contributed by atoms with Gasteiger partial charge in [0, 0.05) is 21.4 Å². The maximum Gasteiger partial charge on any atom is 0.141 e. The van der Waals surface area contributed by atoms with E-state index in [9.17, 15) is 0 Å². The van der Waals surface area contributed by atoms with Gasteiger partial charge >= 0.3 is 0 Å². The van der Waals surface area contributed by atoms with Crippen molar-refractivity contribution < 1.29 is 4.74 Å². The van der Waals surface area contributed by atoms with E-state index in [0.717, 1.165) is 16.5 Å². The van der Waals surface area contributed by atoms with Gasteiger partial charge in [0.05, 0.1) is 11.6 Å². The molecule has 4 nitrogen and oxygen atoms in total. The number of fused-ring (bicyclic) bond motifs is 1. The average molecular weight is 289 g/mol. The van der Waals surface area contributed by atoms with Crippen molar-refractivity contribution in [2.24, 2.45) is 5.11 Å². The van der Waals surface area contributed by atoms with Gasteiger partial charge in [-0.05, 0) is 17.7 Å². The van der Waals surface area contributed by atoms with Crippen LogP contribution in [-0.2, 0) is 6.42 Å². The van der Waals surface area contributed by atoms with E-state index >= 15 is 0 Å². The Bertz CT molecular complexity index is 445. The third-order valence-corrected chi connectivity index (χ3v) is 2.90. The predicted molar refractivity (Wildman–Crippen MR) is 61.3 cm³/mol. The fourth-order valence-electron chi connectivity index (χ4n) is 1.58. The maximum absolute atomic E-state index is 8.21. The monoisotopic (exact) mass is 287 g/mol. The first kappa shape index (κ1) is 10.6. The zero-order valence-corrected chi connectivity index (χ0v) is 9.99. The molecule has 0 spiro atoms. The molecule has 0 saturated carbocycles. The summed E-state index contributed by atoms with van der Waals surface area (Å²) < 4.78 is 6.51. The standard InChI is InChI=1S/C9H7BrClN3O/c10-6-1-5-2-7(4-13-14-12)15-9(5)8(11)3-6/h1,3,7H,2,4H2. The van der Waals surface area contributed by atoms with Crippen molar-refractivity contribution in [3.63, 3.8) is 0 Å². The van der Waals surface area contributed by atoms with Crippen LogP contribution in [0.5, 0.6) is 5.75 Å². The van der Waals surface area contributed by atoms with Gasteiger partial charge in [0.15, 0.2) is 0 Å². The zero-order chi connectivity index (χ0) is 10.8. The molecule has 0 N–H and O–H groups in total. The van der Waals surface area contributed by atoms with Gasteiger partial charge in [0.1, 0.15) is 11.9 Å². The molecule has 1 unspecified atom stereocenters. The Labute approximate surface area is 99.9 Å². The predicted octanol–water partition coefficient (Wildman–Crippen LogP) is 3.72. The molecule has 1 atom stereocenters. The quantitative estimate of drug-likeness (QED) is 0.465. The number of azide groups is 1. The second-order valence-corrected chi connectivity index (χ2v) is 4.56. The minimum atomic E-state index is -0.0947. The highest BCUT2D eigenvalue weighted by atomic mass is 79.9. The molecule has 0 radical (unpaired) electrons. The molecule has 0 aliphatic carbocycles. The van der Waals surface area contributed by atoms with E-state index in [-0.39, 0.29) is 6.10 Å². The highest BCUT2D eigenvalue weighted by Crippen LogP contribution is 2.38. The van der Waals surface area contributed by atoms with Gasteiger partial charge in [-0.2, -0.15) is 0 Å². The Morgan fingerprint density at radius 3 is 3.20 bits per heavy atom. The fraction of sp³-hybridized carbons (Fsp3) is 0.333. The van der Waals surface area contributed by atoms with E-state index in [1.165, 1.54) is 0 Å². The summed E-state index contributed by atoms with van der Waals surface area (Å²) >= 11 is 9.38. The number of hydrogen-bond donors (Lipinski definition) is 0. The smallest absolute Gasteiger partial charge is 0.141 e. The minimum absolute atomic E-state index is 0.0947. The van der Waals surface area contributed by atoms with Crippen LogP contribution >= 0.6 is 27.5 Å². The number of hydrogen-bond acceptors (Lipinski definition) is 2. The van der Waals surface area contributed by atoms with Gasteiger partial charge in [0.2, 0.25) is 0 Å². The summed E-state index contributed by atoms with van der Waals surface area (Å²) in [6.45, 7) is 0.332. The van der Waals surface area contributed by atoms with E-state index in [4.69, 9.17) is 21.9 Å². The van der Waals surface area contributed by atoms with Gasteiger partial charge in [0.25, 0.3) is 0 Å². The highest BCUT2D eigenvalue weighted by Gasteiger charge is 2.24. The first-order valence-corrected chi connectivity index (χ1v) is 5.53. The molecular weight excluding hydrogens is 281 g/mol. The molecule has 1 aliphatic heterocycles. The second kappa shape index (κ2) is 4.31. The van der Waals surface area contributed by atoms with Crippen molar-refractivity contribution in [2.45, 2.75) is 12.5 Å². The Hall–Kier alpha value is -0.900. The summed E-state index contributed by atoms with van der Waals surface area (Å²) in [4.78, 5) is 2.70. The Kier molecular flexibility index (Phi) is 3.05. The fourth-order valence-corrected chi connectivity index (χ4v) is 2.50. The number of halogens is 2. The summed E-state index contributed by atoms with van der Waals surface area (Å²) in [7, 11) is 0. The normalized spacial score (nSPS) is 17.9. The van der Waals surface area contributed by atoms with Crippen LogP contribution in [0.4, 0.5) is 0 Å². The van der Waals surface area contributed by atoms with Crippen LogP contribution in [-0.4, -0.2) is 12.6 Å². The van der Waals surface area contributed by atoms with E-state index < -0.39 is 0 Å². The molecule has 78 valence electrons. The average Bonchev–Trinajstić information content (AvgIpc) is 2.57. The third kappa shape index (κ3) is 2.20. The largest absolute Gasteiger partial charge is 0.488 e. The molecule has 6 heteroatoms. The minimum Gasteiger partial charge on any atom is -0.488 e. The first-order chi connectivity index (χ1) is 7.20. The molecule has 0 fully saturated rings. The second-order valence-electron chi connectivity index (χ2n) is 3.23. The summed E-state index contributed by atoms with van der Waals surface area (Å²) in [6.07, 6.45) is 0.635. The summed E-state index contributed by atoms with van der Waals surface area (Å²) in [5.74, 6) is 0.706. The van der Waals surface area contributed by atoms with E-state index in [1.807, 2.05) is 6.07 Å². The van der Waals surface area contributed by atoms with Crippen LogP contribution in [0.2, 0.25) is 5.02 Å². The van der Waals surface area contributed by atoms with Crippen LogP contribution < -0.4 is 4.74 Å². The van der Waals surface area contributed by atoms with Crippen molar-refractivity contribution >= 4 is 27.5 Å². The van der Waals surface area contributed by atoms with Crippen LogP contribution in [0, 0.1) is 0 Å². The van der Waals surface area contributed by atoms with Crippen molar-refractivity contribution in [3.8, 4) is 5.75 Å². The number of nitrogens with zero attached hydrogens (tertiary/aromatic N) is 3. The lowest BCUT2D eigenvalue weighted by Gasteiger charge is -2.06. The van der Waals surface area contributed by atoms with Crippen molar-refractivity contribution in [2.75, 3.05) is 6.54 Å². The number of rotatable bonds is 2. The lowest BCUT2D eigenvalue weighted by Crippen LogP contribution is -2.16. The number of benzene rings is 1. The maximum atomic E-state index is 8.21. The first-order valence-electron chi connectivity index (χ1n) is 4.36. The molecule has 1 heterocycles. The van der Waals surface area contributed by atoms with Crippen LogP contribution in [0.3, 0.4) is 0 Å². The molecule has 2 rings (SSSR count). The molecular formula is C9H7BrClN3O. The van der Waals surface area contributed by atoms with Crippen LogP contribution in [0.1, 0.15) is 5.56 Å². The van der Waals surface area contributed by atoms with Gasteiger partial charge < -0.3 is 4.74 Å². The molecule has 0 amide bonds. The summed E-state index contributed by atoms with van der Waals surface area (Å²) in [5, 5.41) is 4.08. The number of ether oxygens (including phenoxy) is 1. The van der Waals surface area contributed by atoms with Gasteiger partial charge in [-0.3, -0.25) is 0 Å². The lowest BCUT2D eigenvalue weighted by molar-refractivity contribution is 0.241. The lowest BCUT2D eigenvalue weighted by atomic mass is 10.1. The van der Waals surface area contributed by atoms with Gasteiger partial charge in [-0.15, -0.1) is 0 Å². The van der Waals surface area contributed by atoms with Crippen LogP contribution in [0.25, 0.3) is 10.4 Å². The Morgan fingerprint density at radius 2 is 2.47 bits per heavy atom. The van der Waals surface area contributed by atoms with Gasteiger partial charge in [-0.1, -0.05) is 32.6 Å². The zero-order valence-electron chi connectivity index (χ0n) is 7.65. The van der Waals surface area contributed by atoms with E-state index in [2.05, 4.69) is 26.0 Å². The van der Waals surface area contributed by atoms with Gasteiger partial charge in [-0.25, -0.2) is 0 Å². The Balaban J connectivity index is 2.23. The van der Waals surface area contributed by atoms with Crippen molar-refractivity contribution in [3.05, 3.63) is 37.6 Å². The SMILES string of the molecule is [N-]=[N+]=NCC1Cc2cc(Br)cc(Cl)c2O1. The Morgan fingerprint density at radius 1 is 1.67 bits per heavy atom. The summed E-state index contributed by atoms with van der Waals surface area (Å²) in [6, 6.07) is 3.76. The molecule has 1 aromatic carbocycles. The topological polar surface area (TPSA) is 58.0 Å². The summed E-state index contributed by atoms with van der Waals surface area (Å²) in [5.41, 5.74) is 9.26. The highest BCUT2D eigenvalue weighted by molar-refractivity contribution is 9.10. The molecule has 1 aromatic rings. The van der Waals surface area contributed by atoms with E-state index in [0.29, 0.717) is 17.3 Å². The van der Waals surface area contributed by atoms with Crippen LogP contribution in [0.15, 0.2) is 21.7 Å². The molecule has 0 bridgehead atoms.